The SMILES string of the molecule is CCOC(=O)c1cc(OC)c(=O)[nH]c1C(F)F. The molecule has 0 aliphatic rings. The van der Waals surface area contributed by atoms with Gasteiger partial charge in [0.05, 0.1) is 25.0 Å². The molecule has 0 unspecified atom stereocenters. The van der Waals surface area contributed by atoms with Crippen LogP contribution in [0, 0.1) is 0 Å². The zero-order valence-corrected chi connectivity index (χ0v) is 9.25. The van der Waals surface area contributed by atoms with E-state index in [0.717, 1.165) is 6.07 Å². The van der Waals surface area contributed by atoms with E-state index >= 15 is 0 Å². The number of halogens is 2. The number of aromatic nitrogens is 1. The highest BCUT2D eigenvalue weighted by molar-refractivity contribution is 5.91. The van der Waals surface area contributed by atoms with Gasteiger partial charge in [-0.05, 0) is 6.92 Å². The van der Waals surface area contributed by atoms with Crippen LogP contribution in [0.4, 0.5) is 8.78 Å². The number of esters is 1. The minimum Gasteiger partial charge on any atom is -0.491 e. The van der Waals surface area contributed by atoms with E-state index in [9.17, 15) is 18.4 Å². The third-order valence-electron chi connectivity index (χ3n) is 1.97. The second kappa shape index (κ2) is 5.42. The molecule has 0 saturated carbocycles. The van der Waals surface area contributed by atoms with Crippen LogP contribution < -0.4 is 10.3 Å². The molecular weight excluding hydrogens is 236 g/mol. The highest BCUT2D eigenvalue weighted by Gasteiger charge is 2.22. The third-order valence-corrected chi connectivity index (χ3v) is 1.97. The minimum absolute atomic E-state index is 0.0446. The molecule has 1 rings (SSSR count). The van der Waals surface area contributed by atoms with Crippen molar-refractivity contribution >= 4 is 5.97 Å². The monoisotopic (exact) mass is 247 g/mol. The Labute approximate surface area is 95.4 Å². The molecule has 0 amide bonds. The van der Waals surface area contributed by atoms with Crippen LogP contribution in [0.3, 0.4) is 0 Å². The fourth-order valence-corrected chi connectivity index (χ4v) is 1.23. The molecule has 1 aromatic rings. The maximum absolute atomic E-state index is 12.6. The number of methoxy groups -OCH3 is 1. The van der Waals surface area contributed by atoms with Gasteiger partial charge in [0.25, 0.3) is 12.0 Å². The quantitative estimate of drug-likeness (QED) is 0.818. The van der Waals surface area contributed by atoms with Gasteiger partial charge in [-0.1, -0.05) is 0 Å². The average molecular weight is 247 g/mol. The van der Waals surface area contributed by atoms with Crippen molar-refractivity contribution in [2.75, 3.05) is 13.7 Å². The zero-order valence-electron chi connectivity index (χ0n) is 9.25. The highest BCUT2D eigenvalue weighted by atomic mass is 19.3. The Balaban J connectivity index is 3.33. The molecule has 0 saturated heterocycles. The summed E-state index contributed by atoms with van der Waals surface area (Å²) in [5.41, 5.74) is -2.00. The number of alkyl halides is 2. The fourth-order valence-electron chi connectivity index (χ4n) is 1.23. The number of H-pyrrole nitrogens is 1. The predicted molar refractivity (Wildman–Crippen MR) is 54.5 cm³/mol. The number of rotatable bonds is 4. The standard InChI is InChI=1S/C10H11F2NO4/c1-3-17-10(15)5-4-6(16-2)9(14)13-7(5)8(11)12/h4,8H,3H2,1-2H3,(H,13,14). The number of carbonyl (C=O) groups is 1. The topological polar surface area (TPSA) is 68.4 Å². The summed E-state index contributed by atoms with van der Waals surface area (Å²) < 4.78 is 34.5. The Morgan fingerprint density at radius 3 is 2.65 bits per heavy atom. The first kappa shape index (κ1) is 13.1. The van der Waals surface area contributed by atoms with Crippen LogP contribution in [-0.2, 0) is 4.74 Å². The van der Waals surface area contributed by atoms with Gasteiger partial charge in [-0.15, -0.1) is 0 Å². The molecule has 0 fully saturated rings. The maximum Gasteiger partial charge on any atom is 0.340 e. The van der Waals surface area contributed by atoms with Gasteiger partial charge in [0.2, 0.25) is 0 Å². The van der Waals surface area contributed by atoms with Gasteiger partial charge >= 0.3 is 5.97 Å². The predicted octanol–water partition coefficient (Wildman–Crippen LogP) is 1.50. The third kappa shape index (κ3) is 2.80. The molecular formula is C10H11F2NO4. The molecule has 0 atom stereocenters. The van der Waals surface area contributed by atoms with Crippen molar-refractivity contribution in [3.8, 4) is 5.75 Å². The van der Waals surface area contributed by atoms with Gasteiger partial charge in [-0.2, -0.15) is 0 Å². The van der Waals surface area contributed by atoms with Gasteiger partial charge < -0.3 is 14.5 Å². The molecule has 0 radical (unpaired) electrons. The van der Waals surface area contributed by atoms with E-state index in [-0.39, 0.29) is 12.4 Å². The van der Waals surface area contributed by atoms with E-state index in [0.29, 0.717) is 0 Å². The van der Waals surface area contributed by atoms with Crippen LogP contribution in [0.2, 0.25) is 0 Å². The first-order valence-corrected chi connectivity index (χ1v) is 4.77. The van der Waals surface area contributed by atoms with Crippen LogP contribution in [0.5, 0.6) is 5.75 Å². The summed E-state index contributed by atoms with van der Waals surface area (Å²) in [6, 6.07) is 0.943. The average Bonchev–Trinajstić information content (AvgIpc) is 2.28. The van der Waals surface area contributed by atoms with Crippen molar-refractivity contribution in [3.63, 3.8) is 0 Å². The lowest BCUT2D eigenvalue weighted by Crippen LogP contribution is -2.18. The van der Waals surface area contributed by atoms with Gasteiger partial charge in [-0.3, -0.25) is 4.79 Å². The van der Waals surface area contributed by atoms with Crippen LogP contribution in [-0.4, -0.2) is 24.7 Å². The van der Waals surface area contributed by atoms with Gasteiger partial charge in [0, 0.05) is 6.07 Å². The van der Waals surface area contributed by atoms with Gasteiger partial charge in [0.15, 0.2) is 5.75 Å². The molecule has 5 nitrogen and oxygen atoms in total. The molecule has 0 bridgehead atoms. The number of carbonyl (C=O) groups excluding carboxylic acids is 1. The van der Waals surface area contributed by atoms with Gasteiger partial charge in [-0.25, -0.2) is 13.6 Å². The largest absolute Gasteiger partial charge is 0.491 e. The molecule has 94 valence electrons. The summed E-state index contributed by atoms with van der Waals surface area (Å²) in [6.07, 6.45) is -2.98. The minimum atomic E-state index is -2.98. The van der Waals surface area contributed by atoms with Crippen molar-refractivity contribution in [2.45, 2.75) is 13.3 Å². The first-order valence-electron chi connectivity index (χ1n) is 4.77. The highest BCUT2D eigenvalue weighted by Crippen LogP contribution is 2.22. The summed E-state index contributed by atoms with van der Waals surface area (Å²) in [7, 11) is 1.20. The van der Waals surface area contributed by atoms with Crippen molar-refractivity contribution in [3.05, 3.63) is 27.7 Å². The second-order valence-corrected chi connectivity index (χ2v) is 3.02. The number of ether oxygens (including phenoxy) is 2. The van der Waals surface area contributed by atoms with Crippen molar-refractivity contribution in [1.29, 1.82) is 0 Å². The zero-order chi connectivity index (χ0) is 13.0. The smallest absolute Gasteiger partial charge is 0.340 e. The van der Waals surface area contributed by atoms with Crippen molar-refractivity contribution < 1.29 is 23.0 Å². The number of hydrogen-bond acceptors (Lipinski definition) is 4. The molecule has 0 aliphatic carbocycles. The van der Waals surface area contributed by atoms with Gasteiger partial charge in [0.1, 0.15) is 0 Å². The van der Waals surface area contributed by atoms with E-state index in [4.69, 9.17) is 0 Å². The Kier molecular flexibility index (Phi) is 4.19. The molecule has 1 aromatic heterocycles. The Hall–Kier alpha value is -1.92. The maximum atomic E-state index is 12.6. The lowest BCUT2D eigenvalue weighted by molar-refractivity contribution is 0.0512. The van der Waals surface area contributed by atoms with E-state index in [1.165, 1.54) is 7.11 Å². The molecule has 0 spiro atoms. The lowest BCUT2D eigenvalue weighted by atomic mass is 10.2. The summed E-state index contributed by atoms with van der Waals surface area (Å²) in [6.45, 7) is 1.59. The molecule has 7 heteroatoms. The molecule has 0 aromatic carbocycles. The number of aromatic amines is 1. The molecule has 1 heterocycles. The number of hydrogen-bond donors (Lipinski definition) is 1. The summed E-state index contributed by atoms with van der Waals surface area (Å²) in [5, 5.41) is 0. The Bertz CT molecular complexity index is 470. The van der Waals surface area contributed by atoms with Crippen LogP contribution in [0.15, 0.2) is 10.9 Å². The van der Waals surface area contributed by atoms with Crippen LogP contribution in [0.1, 0.15) is 29.4 Å². The van der Waals surface area contributed by atoms with E-state index in [1.807, 2.05) is 4.98 Å². The molecule has 1 N–H and O–H groups in total. The van der Waals surface area contributed by atoms with Crippen molar-refractivity contribution in [2.24, 2.45) is 0 Å². The first-order chi connectivity index (χ1) is 8.01. The summed E-state index contributed by atoms with van der Waals surface area (Å²) in [5.74, 6) is -1.16. The number of nitrogens with one attached hydrogen (secondary N) is 1. The molecule has 17 heavy (non-hydrogen) atoms. The molecule has 0 aliphatic heterocycles. The van der Waals surface area contributed by atoms with Crippen LogP contribution >= 0.6 is 0 Å². The second-order valence-electron chi connectivity index (χ2n) is 3.02. The fraction of sp³-hybridized carbons (Fsp3) is 0.400. The van der Waals surface area contributed by atoms with E-state index in [1.54, 1.807) is 6.92 Å². The number of pyridine rings is 1. The Morgan fingerprint density at radius 2 is 2.18 bits per heavy atom. The van der Waals surface area contributed by atoms with Crippen molar-refractivity contribution in [1.82, 2.24) is 4.98 Å². The lowest BCUT2D eigenvalue weighted by Gasteiger charge is -2.09. The van der Waals surface area contributed by atoms with E-state index in [2.05, 4.69) is 9.47 Å². The summed E-state index contributed by atoms with van der Waals surface area (Å²) in [4.78, 5) is 24.6. The Morgan fingerprint density at radius 1 is 1.53 bits per heavy atom. The summed E-state index contributed by atoms with van der Waals surface area (Å²) >= 11 is 0. The van der Waals surface area contributed by atoms with E-state index < -0.39 is 29.2 Å². The van der Waals surface area contributed by atoms with Crippen LogP contribution in [0.25, 0.3) is 0 Å². The normalized spacial score (nSPS) is 10.4.